The molecule has 0 atom stereocenters. The van der Waals surface area contributed by atoms with Gasteiger partial charge in [-0.2, -0.15) is 0 Å². The fourth-order valence-electron chi connectivity index (χ4n) is 3.68. The lowest BCUT2D eigenvalue weighted by atomic mass is 9.96. The van der Waals surface area contributed by atoms with Crippen LogP contribution in [-0.4, -0.2) is 34.0 Å². The molecule has 2 aromatic heterocycles. The first-order valence-electron chi connectivity index (χ1n) is 9.55. The lowest BCUT2D eigenvalue weighted by Crippen LogP contribution is -2.38. The van der Waals surface area contributed by atoms with E-state index in [4.69, 9.17) is 20.5 Å². The lowest BCUT2D eigenvalue weighted by Gasteiger charge is -2.29. The van der Waals surface area contributed by atoms with Crippen LogP contribution in [0.2, 0.25) is 5.02 Å². The third-order valence-corrected chi connectivity index (χ3v) is 5.55. The number of benzene rings is 2. The van der Waals surface area contributed by atoms with Crippen molar-refractivity contribution in [3.8, 4) is 11.3 Å². The smallest absolute Gasteiger partial charge is 0.276 e. The van der Waals surface area contributed by atoms with E-state index in [1.165, 1.54) is 0 Å². The normalized spacial score (nSPS) is 15.1. The van der Waals surface area contributed by atoms with E-state index in [9.17, 15) is 4.79 Å². The summed E-state index contributed by atoms with van der Waals surface area (Å²) in [5.41, 5.74) is 2.82. The Bertz CT molecular complexity index is 1120. The zero-order valence-corrected chi connectivity index (χ0v) is 16.3. The Kier molecular flexibility index (Phi) is 4.56. The largest absolute Gasteiger partial charge is 0.440 e. The Morgan fingerprint density at radius 1 is 1.07 bits per heavy atom. The summed E-state index contributed by atoms with van der Waals surface area (Å²) in [6.07, 6.45) is 1.61. The SMILES string of the molecule is O=C(c1cc(-c2ccc(Cl)cc2)on1)N1CCC(c2nc3ccccc3o2)CC1. The van der Waals surface area contributed by atoms with E-state index in [0.717, 1.165) is 35.4 Å². The first-order valence-corrected chi connectivity index (χ1v) is 9.92. The van der Waals surface area contributed by atoms with Crippen molar-refractivity contribution < 1.29 is 13.7 Å². The molecule has 2 aromatic carbocycles. The van der Waals surface area contributed by atoms with Gasteiger partial charge in [0.2, 0.25) is 0 Å². The van der Waals surface area contributed by atoms with Gasteiger partial charge in [0, 0.05) is 35.7 Å². The summed E-state index contributed by atoms with van der Waals surface area (Å²) >= 11 is 5.92. The van der Waals surface area contributed by atoms with Crippen LogP contribution < -0.4 is 0 Å². The molecule has 7 heteroatoms. The Hall–Kier alpha value is -3.12. The molecule has 1 saturated heterocycles. The highest BCUT2D eigenvalue weighted by Crippen LogP contribution is 2.31. The van der Waals surface area contributed by atoms with Crippen molar-refractivity contribution in [1.29, 1.82) is 0 Å². The van der Waals surface area contributed by atoms with Crippen molar-refractivity contribution in [2.75, 3.05) is 13.1 Å². The highest BCUT2D eigenvalue weighted by atomic mass is 35.5. The van der Waals surface area contributed by atoms with Crippen LogP contribution in [0.4, 0.5) is 0 Å². The van der Waals surface area contributed by atoms with E-state index < -0.39 is 0 Å². The fourth-order valence-corrected chi connectivity index (χ4v) is 3.81. The number of piperidine rings is 1. The number of oxazole rings is 1. The molecular formula is C22H18ClN3O3. The van der Waals surface area contributed by atoms with Gasteiger partial charge in [-0.05, 0) is 49.2 Å². The molecule has 146 valence electrons. The number of fused-ring (bicyclic) bond motifs is 1. The third-order valence-electron chi connectivity index (χ3n) is 5.30. The van der Waals surface area contributed by atoms with Gasteiger partial charge in [0.15, 0.2) is 22.9 Å². The van der Waals surface area contributed by atoms with Gasteiger partial charge >= 0.3 is 0 Å². The average molecular weight is 408 g/mol. The van der Waals surface area contributed by atoms with E-state index in [0.29, 0.717) is 29.6 Å². The van der Waals surface area contributed by atoms with Crippen molar-refractivity contribution in [3.63, 3.8) is 0 Å². The second kappa shape index (κ2) is 7.37. The molecule has 0 aliphatic carbocycles. The molecule has 0 unspecified atom stereocenters. The number of amides is 1. The monoisotopic (exact) mass is 407 g/mol. The molecule has 1 fully saturated rings. The molecule has 0 saturated carbocycles. The van der Waals surface area contributed by atoms with Crippen molar-refractivity contribution >= 4 is 28.6 Å². The zero-order valence-electron chi connectivity index (χ0n) is 15.5. The summed E-state index contributed by atoms with van der Waals surface area (Å²) in [7, 11) is 0. The third kappa shape index (κ3) is 3.51. The van der Waals surface area contributed by atoms with Crippen molar-refractivity contribution in [2.24, 2.45) is 0 Å². The van der Waals surface area contributed by atoms with Crippen LogP contribution in [0.1, 0.15) is 35.1 Å². The first-order chi connectivity index (χ1) is 14.2. The van der Waals surface area contributed by atoms with E-state index in [2.05, 4.69) is 10.1 Å². The first kappa shape index (κ1) is 17.9. The zero-order chi connectivity index (χ0) is 19.8. The summed E-state index contributed by atoms with van der Waals surface area (Å²) in [5.74, 6) is 1.40. The standard InChI is InChI=1S/C22H18ClN3O3/c23-16-7-5-14(6-8-16)20-13-18(25-29-20)22(27)26-11-9-15(10-12-26)21-24-17-3-1-2-4-19(17)28-21/h1-8,13,15H,9-12H2. The maximum Gasteiger partial charge on any atom is 0.276 e. The number of para-hydroxylation sites is 2. The minimum Gasteiger partial charge on any atom is -0.440 e. The molecule has 0 N–H and O–H groups in total. The number of likely N-dealkylation sites (tertiary alicyclic amines) is 1. The maximum absolute atomic E-state index is 12.8. The van der Waals surface area contributed by atoms with E-state index in [1.54, 1.807) is 18.2 Å². The highest BCUT2D eigenvalue weighted by molar-refractivity contribution is 6.30. The molecule has 1 amide bonds. The topological polar surface area (TPSA) is 72.4 Å². The number of halogens is 1. The van der Waals surface area contributed by atoms with Crippen LogP contribution in [0, 0.1) is 0 Å². The van der Waals surface area contributed by atoms with Gasteiger partial charge in [-0.1, -0.05) is 28.9 Å². The van der Waals surface area contributed by atoms with Crippen molar-refractivity contribution in [3.05, 3.63) is 71.2 Å². The molecule has 3 heterocycles. The molecule has 0 bridgehead atoms. The second-order valence-electron chi connectivity index (χ2n) is 7.17. The summed E-state index contributed by atoms with van der Waals surface area (Å²) in [6, 6.07) is 16.7. The molecule has 6 nitrogen and oxygen atoms in total. The van der Waals surface area contributed by atoms with Crippen LogP contribution in [0.5, 0.6) is 0 Å². The quantitative estimate of drug-likeness (QED) is 0.469. The van der Waals surface area contributed by atoms with Gasteiger partial charge in [-0.3, -0.25) is 4.79 Å². The van der Waals surface area contributed by atoms with Gasteiger partial charge < -0.3 is 13.8 Å². The number of aromatic nitrogens is 2. The van der Waals surface area contributed by atoms with E-state index in [-0.39, 0.29) is 11.8 Å². The van der Waals surface area contributed by atoms with Gasteiger partial charge in [0.05, 0.1) is 0 Å². The number of carbonyl (C=O) groups is 1. The number of carbonyl (C=O) groups excluding carboxylic acids is 1. The summed E-state index contributed by atoms with van der Waals surface area (Å²) < 4.78 is 11.3. The van der Waals surface area contributed by atoms with Crippen LogP contribution in [0.3, 0.4) is 0 Å². The molecular weight excluding hydrogens is 390 g/mol. The number of nitrogens with zero attached hydrogens (tertiary/aromatic N) is 3. The Balaban J connectivity index is 1.26. The summed E-state index contributed by atoms with van der Waals surface area (Å²) in [4.78, 5) is 19.2. The van der Waals surface area contributed by atoms with E-state index in [1.807, 2.05) is 41.3 Å². The van der Waals surface area contributed by atoms with Crippen LogP contribution in [-0.2, 0) is 0 Å². The Morgan fingerprint density at radius 3 is 2.59 bits per heavy atom. The maximum atomic E-state index is 12.8. The van der Waals surface area contributed by atoms with Gasteiger partial charge in [0.1, 0.15) is 5.52 Å². The fraction of sp³-hybridized carbons (Fsp3) is 0.227. The van der Waals surface area contributed by atoms with Crippen LogP contribution >= 0.6 is 11.6 Å². The number of hydrogen-bond acceptors (Lipinski definition) is 5. The number of rotatable bonds is 3. The average Bonchev–Trinajstić information content (AvgIpc) is 3.41. The molecule has 0 radical (unpaired) electrons. The van der Waals surface area contributed by atoms with Crippen molar-refractivity contribution in [1.82, 2.24) is 15.0 Å². The van der Waals surface area contributed by atoms with Crippen molar-refractivity contribution in [2.45, 2.75) is 18.8 Å². The summed E-state index contributed by atoms with van der Waals surface area (Å²) in [5, 5.41) is 4.61. The molecule has 4 aromatic rings. The van der Waals surface area contributed by atoms with Gasteiger partial charge in [-0.15, -0.1) is 0 Å². The van der Waals surface area contributed by atoms with E-state index >= 15 is 0 Å². The minimum atomic E-state index is -0.120. The lowest BCUT2D eigenvalue weighted by molar-refractivity contribution is 0.0696. The molecule has 0 spiro atoms. The Labute approximate surface area is 172 Å². The van der Waals surface area contributed by atoms with Gasteiger partial charge in [0.25, 0.3) is 5.91 Å². The molecule has 1 aliphatic heterocycles. The molecule has 1 aliphatic rings. The molecule has 5 rings (SSSR count). The van der Waals surface area contributed by atoms with Crippen LogP contribution in [0.25, 0.3) is 22.4 Å². The van der Waals surface area contributed by atoms with Crippen LogP contribution in [0.15, 0.2) is 63.5 Å². The second-order valence-corrected chi connectivity index (χ2v) is 7.61. The number of hydrogen-bond donors (Lipinski definition) is 0. The predicted octanol–water partition coefficient (Wildman–Crippen LogP) is 5.16. The van der Waals surface area contributed by atoms with Gasteiger partial charge in [-0.25, -0.2) is 4.98 Å². The highest BCUT2D eigenvalue weighted by Gasteiger charge is 2.29. The molecule has 29 heavy (non-hydrogen) atoms. The summed E-state index contributed by atoms with van der Waals surface area (Å²) in [6.45, 7) is 1.26. The minimum absolute atomic E-state index is 0.120. The Morgan fingerprint density at radius 2 is 1.83 bits per heavy atom. The predicted molar refractivity (Wildman–Crippen MR) is 109 cm³/mol.